The molecule has 0 saturated heterocycles. The number of nitrogens with one attached hydrogen (secondary N) is 1. The maximum Gasteiger partial charge on any atom is 0.372 e. The average molecular weight is 227 g/mol. The van der Waals surface area contributed by atoms with Gasteiger partial charge in [0.1, 0.15) is 0 Å². The van der Waals surface area contributed by atoms with E-state index in [9.17, 15) is 4.79 Å². The van der Waals surface area contributed by atoms with Crippen molar-refractivity contribution in [2.75, 3.05) is 13.7 Å². The highest BCUT2D eigenvalue weighted by atomic mass is 16.5. The van der Waals surface area contributed by atoms with Crippen LogP contribution in [0.5, 0.6) is 0 Å². The molecule has 0 amide bonds. The molecular weight excluding hydrogens is 210 g/mol. The lowest BCUT2D eigenvalue weighted by Crippen LogP contribution is -2.32. The molecule has 0 aliphatic rings. The molecule has 1 atom stereocenters. The summed E-state index contributed by atoms with van der Waals surface area (Å²) >= 11 is 0. The number of aromatic carboxylic acids is 1. The predicted octanol–water partition coefficient (Wildman–Crippen LogP) is 1.49. The summed E-state index contributed by atoms with van der Waals surface area (Å²) in [7, 11) is 1.64. The molecule has 2 N–H and O–H groups in total. The van der Waals surface area contributed by atoms with E-state index in [0.29, 0.717) is 18.7 Å². The Labute approximate surface area is 94.4 Å². The van der Waals surface area contributed by atoms with Gasteiger partial charge in [-0.3, -0.25) is 0 Å². The fourth-order valence-electron chi connectivity index (χ4n) is 1.44. The first-order valence-electron chi connectivity index (χ1n) is 5.21. The SMILES string of the molecule is CCC(COC)NCc1ccoc1C(=O)O. The van der Waals surface area contributed by atoms with E-state index in [1.807, 2.05) is 6.92 Å². The van der Waals surface area contributed by atoms with E-state index >= 15 is 0 Å². The molecule has 1 rings (SSSR count). The Morgan fingerprint density at radius 3 is 3.00 bits per heavy atom. The highest BCUT2D eigenvalue weighted by molar-refractivity contribution is 5.86. The summed E-state index contributed by atoms with van der Waals surface area (Å²) in [5.74, 6) is -1.04. The molecule has 5 nitrogen and oxygen atoms in total. The predicted molar refractivity (Wildman–Crippen MR) is 58.5 cm³/mol. The molecule has 0 bridgehead atoms. The van der Waals surface area contributed by atoms with Crippen molar-refractivity contribution in [3.63, 3.8) is 0 Å². The van der Waals surface area contributed by atoms with Gasteiger partial charge in [0.05, 0.1) is 12.9 Å². The van der Waals surface area contributed by atoms with E-state index in [1.165, 1.54) is 6.26 Å². The van der Waals surface area contributed by atoms with E-state index < -0.39 is 5.97 Å². The van der Waals surface area contributed by atoms with Crippen LogP contribution in [0.4, 0.5) is 0 Å². The highest BCUT2D eigenvalue weighted by Gasteiger charge is 2.14. The first kappa shape index (κ1) is 12.7. The lowest BCUT2D eigenvalue weighted by Gasteiger charge is -2.15. The van der Waals surface area contributed by atoms with E-state index in [2.05, 4.69) is 5.32 Å². The van der Waals surface area contributed by atoms with Gasteiger partial charge >= 0.3 is 5.97 Å². The summed E-state index contributed by atoms with van der Waals surface area (Å²) in [6.07, 6.45) is 2.31. The summed E-state index contributed by atoms with van der Waals surface area (Å²) in [5, 5.41) is 12.1. The van der Waals surface area contributed by atoms with Crippen LogP contribution in [0.15, 0.2) is 16.7 Å². The fraction of sp³-hybridized carbons (Fsp3) is 0.545. The van der Waals surface area contributed by atoms with Crippen molar-refractivity contribution in [1.82, 2.24) is 5.32 Å². The van der Waals surface area contributed by atoms with Crippen molar-refractivity contribution in [1.29, 1.82) is 0 Å². The van der Waals surface area contributed by atoms with Crippen LogP contribution in [0.25, 0.3) is 0 Å². The van der Waals surface area contributed by atoms with Crippen molar-refractivity contribution >= 4 is 5.97 Å². The Bertz CT molecular complexity index is 334. The molecule has 1 heterocycles. The Balaban J connectivity index is 2.53. The number of hydrogen-bond acceptors (Lipinski definition) is 4. The minimum Gasteiger partial charge on any atom is -0.475 e. The third-order valence-electron chi connectivity index (χ3n) is 2.38. The van der Waals surface area contributed by atoms with Crippen LogP contribution in [0.1, 0.15) is 29.5 Å². The molecule has 90 valence electrons. The van der Waals surface area contributed by atoms with Crippen molar-refractivity contribution in [3.05, 3.63) is 23.7 Å². The third kappa shape index (κ3) is 3.36. The van der Waals surface area contributed by atoms with Crippen molar-refractivity contribution in [2.45, 2.75) is 25.9 Å². The number of ether oxygens (including phenoxy) is 1. The second-order valence-electron chi connectivity index (χ2n) is 3.52. The number of furan rings is 1. The fourth-order valence-corrected chi connectivity index (χ4v) is 1.44. The van der Waals surface area contributed by atoms with Crippen molar-refractivity contribution in [2.24, 2.45) is 0 Å². The zero-order valence-corrected chi connectivity index (χ0v) is 9.53. The van der Waals surface area contributed by atoms with Crippen LogP contribution in [0.2, 0.25) is 0 Å². The normalized spacial score (nSPS) is 12.6. The van der Waals surface area contributed by atoms with Gasteiger partial charge in [-0.05, 0) is 12.5 Å². The number of rotatable bonds is 7. The van der Waals surface area contributed by atoms with Crippen LogP contribution >= 0.6 is 0 Å². The first-order valence-corrected chi connectivity index (χ1v) is 5.21. The van der Waals surface area contributed by atoms with Gasteiger partial charge in [-0.2, -0.15) is 0 Å². The van der Waals surface area contributed by atoms with E-state index in [0.717, 1.165) is 6.42 Å². The maximum absolute atomic E-state index is 10.8. The Hall–Kier alpha value is -1.33. The van der Waals surface area contributed by atoms with E-state index in [4.69, 9.17) is 14.3 Å². The number of carboxylic acid groups (broad SMARTS) is 1. The second-order valence-corrected chi connectivity index (χ2v) is 3.52. The number of hydrogen-bond donors (Lipinski definition) is 2. The molecule has 0 aliphatic heterocycles. The van der Waals surface area contributed by atoms with Crippen molar-refractivity contribution < 1.29 is 19.1 Å². The first-order chi connectivity index (χ1) is 7.69. The maximum atomic E-state index is 10.8. The average Bonchev–Trinajstić information content (AvgIpc) is 2.72. The van der Waals surface area contributed by atoms with Gasteiger partial charge in [-0.25, -0.2) is 4.79 Å². The number of carboxylic acids is 1. The summed E-state index contributed by atoms with van der Waals surface area (Å²) in [6, 6.07) is 1.89. The minimum atomic E-state index is -1.04. The van der Waals surface area contributed by atoms with Crippen LogP contribution in [0, 0.1) is 0 Å². The number of carbonyl (C=O) groups is 1. The van der Waals surface area contributed by atoms with Crippen LogP contribution in [-0.2, 0) is 11.3 Å². The molecule has 1 unspecified atom stereocenters. The molecule has 1 aromatic rings. The Morgan fingerprint density at radius 1 is 1.69 bits per heavy atom. The van der Waals surface area contributed by atoms with Crippen LogP contribution in [0.3, 0.4) is 0 Å². The standard InChI is InChI=1S/C11H17NO4/c1-3-9(7-15-2)12-6-8-4-5-16-10(8)11(13)14/h4-5,9,12H,3,6-7H2,1-2H3,(H,13,14). The van der Waals surface area contributed by atoms with E-state index in [-0.39, 0.29) is 11.8 Å². The molecule has 1 aromatic heterocycles. The molecule has 0 saturated carbocycles. The van der Waals surface area contributed by atoms with Gasteiger partial charge in [-0.15, -0.1) is 0 Å². The van der Waals surface area contributed by atoms with Gasteiger partial charge in [-0.1, -0.05) is 6.92 Å². The molecule has 5 heteroatoms. The minimum absolute atomic E-state index is 0.000213. The second kappa shape index (κ2) is 6.30. The van der Waals surface area contributed by atoms with Gasteiger partial charge in [0, 0.05) is 25.3 Å². The topological polar surface area (TPSA) is 71.7 Å². The molecule has 0 aliphatic carbocycles. The van der Waals surface area contributed by atoms with Crippen LogP contribution < -0.4 is 5.32 Å². The third-order valence-corrected chi connectivity index (χ3v) is 2.38. The monoisotopic (exact) mass is 227 g/mol. The quantitative estimate of drug-likeness (QED) is 0.738. The molecule has 16 heavy (non-hydrogen) atoms. The smallest absolute Gasteiger partial charge is 0.372 e. The Morgan fingerprint density at radius 2 is 2.44 bits per heavy atom. The van der Waals surface area contributed by atoms with Gasteiger partial charge in [0.25, 0.3) is 0 Å². The molecule has 0 aromatic carbocycles. The zero-order chi connectivity index (χ0) is 12.0. The molecule has 0 radical (unpaired) electrons. The van der Waals surface area contributed by atoms with Gasteiger partial charge < -0.3 is 19.6 Å². The number of methoxy groups -OCH3 is 1. The van der Waals surface area contributed by atoms with Crippen molar-refractivity contribution in [3.8, 4) is 0 Å². The summed E-state index contributed by atoms with van der Waals surface area (Å²) in [5.41, 5.74) is 0.655. The molecule has 0 spiro atoms. The highest BCUT2D eigenvalue weighted by Crippen LogP contribution is 2.10. The lowest BCUT2D eigenvalue weighted by molar-refractivity contribution is 0.0660. The summed E-state index contributed by atoms with van der Waals surface area (Å²) in [6.45, 7) is 3.13. The molecule has 0 fully saturated rings. The van der Waals surface area contributed by atoms with Gasteiger partial charge in [0.15, 0.2) is 0 Å². The Kier molecular flexibility index (Phi) is 5.01. The largest absolute Gasteiger partial charge is 0.475 e. The lowest BCUT2D eigenvalue weighted by atomic mass is 10.2. The van der Waals surface area contributed by atoms with E-state index in [1.54, 1.807) is 13.2 Å². The molecular formula is C11H17NO4. The van der Waals surface area contributed by atoms with Gasteiger partial charge in [0.2, 0.25) is 5.76 Å². The summed E-state index contributed by atoms with van der Waals surface area (Å²) < 4.78 is 9.92. The summed E-state index contributed by atoms with van der Waals surface area (Å²) in [4.78, 5) is 10.8. The van der Waals surface area contributed by atoms with Crippen LogP contribution in [-0.4, -0.2) is 30.8 Å². The zero-order valence-electron chi connectivity index (χ0n) is 9.53.